The maximum absolute atomic E-state index is 16.2. The molecule has 0 aliphatic heterocycles. The van der Waals surface area contributed by atoms with Gasteiger partial charge in [0.05, 0.1) is 22.3 Å². The van der Waals surface area contributed by atoms with E-state index in [1.54, 1.807) is 6.20 Å². The van der Waals surface area contributed by atoms with E-state index < -0.39 is 5.82 Å². The van der Waals surface area contributed by atoms with Crippen molar-refractivity contribution in [3.63, 3.8) is 0 Å². The molecule has 0 amide bonds. The third-order valence-electron chi connectivity index (χ3n) is 10.4. The van der Waals surface area contributed by atoms with Crippen LogP contribution >= 0.6 is 0 Å². The predicted molar refractivity (Wildman–Crippen MR) is 204 cm³/mol. The normalized spacial score (nSPS) is 14.6. The van der Waals surface area contributed by atoms with Gasteiger partial charge in [0.1, 0.15) is 5.82 Å². The predicted octanol–water partition coefficient (Wildman–Crippen LogP) is 11.1. The molecule has 3 aromatic heterocycles. The molecule has 0 saturated carbocycles. The monoisotopic (exact) mass is 665 g/mol. The highest BCUT2D eigenvalue weighted by Gasteiger charge is 2.41. The SMILES string of the molecule is CC1(C)CC(C)(C)c2cc(-c3cc(F)c(-c4nc(-c5ccccc5)nc(-c5ccc(-n6c7ccccc7c7ccccc76)cc5)n4)cn3)ccc21. The standard InChI is InChI=1S/C45H36FN5/c1-44(2)27-45(3,4)36-24-30(20-23-35(36)44)38-25-37(46)34(26-47-38)43-49-41(28-12-6-5-7-13-28)48-42(50-43)29-18-21-31(22-19-29)51-39-16-10-8-14-32(39)33-15-9-11-17-40(33)51/h5-26H,27H2,1-4H3. The van der Waals surface area contributed by atoms with Crippen molar-refractivity contribution in [1.82, 2.24) is 24.5 Å². The van der Waals surface area contributed by atoms with E-state index in [0.29, 0.717) is 17.3 Å². The zero-order valence-electron chi connectivity index (χ0n) is 29.0. The van der Waals surface area contributed by atoms with Gasteiger partial charge in [0, 0.05) is 45.4 Å². The molecule has 248 valence electrons. The molecule has 3 heterocycles. The fourth-order valence-corrected chi connectivity index (χ4v) is 8.20. The fraction of sp³-hybridized carbons (Fsp3) is 0.156. The minimum absolute atomic E-state index is 0.0318. The van der Waals surface area contributed by atoms with Crippen LogP contribution in [0.3, 0.4) is 0 Å². The van der Waals surface area contributed by atoms with Gasteiger partial charge in [-0.25, -0.2) is 19.3 Å². The van der Waals surface area contributed by atoms with E-state index in [1.807, 2.05) is 42.5 Å². The summed E-state index contributed by atoms with van der Waals surface area (Å²) in [6.07, 6.45) is 2.61. The zero-order valence-corrected chi connectivity index (χ0v) is 29.0. The number of fused-ring (bicyclic) bond motifs is 4. The van der Waals surface area contributed by atoms with Gasteiger partial charge in [-0.15, -0.1) is 0 Å². The fourth-order valence-electron chi connectivity index (χ4n) is 8.20. The molecule has 0 radical (unpaired) electrons. The molecule has 51 heavy (non-hydrogen) atoms. The van der Waals surface area contributed by atoms with Crippen molar-refractivity contribution in [2.45, 2.75) is 44.9 Å². The van der Waals surface area contributed by atoms with Crippen LogP contribution in [0.1, 0.15) is 45.2 Å². The highest BCUT2D eigenvalue weighted by Crippen LogP contribution is 2.50. The average Bonchev–Trinajstić information content (AvgIpc) is 3.58. The number of hydrogen-bond acceptors (Lipinski definition) is 4. The molecule has 6 heteroatoms. The van der Waals surface area contributed by atoms with Crippen LogP contribution in [-0.2, 0) is 10.8 Å². The van der Waals surface area contributed by atoms with Crippen molar-refractivity contribution >= 4 is 21.8 Å². The largest absolute Gasteiger partial charge is 0.309 e. The first-order valence-corrected chi connectivity index (χ1v) is 17.4. The number of benzene rings is 5. The van der Waals surface area contributed by atoms with Gasteiger partial charge in [-0.3, -0.25) is 4.98 Å². The summed E-state index contributed by atoms with van der Waals surface area (Å²) in [5.41, 5.74) is 9.40. The topological polar surface area (TPSA) is 56.5 Å². The summed E-state index contributed by atoms with van der Waals surface area (Å²) < 4.78 is 18.4. The highest BCUT2D eigenvalue weighted by atomic mass is 19.1. The molecule has 1 aliphatic carbocycles. The van der Waals surface area contributed by atoms with Gasteiger partial charge in [0.15, 0.2) is 17.5 Å². The lowest BCUT2D eigenvalue weighted by atomic mass is 9.82. The third kappa shape index (κ3) is 5.21. The van der Waals surface area contributed by atoms with Gasteiger partial charge >= 0.3 is 0 Å². The Labute approximate surface area is 296 Å². The number of pyridine rings is 1. The number of rotatable bonds is 5. The first-order valence-electron chi connectivity index (χ1n) is 17.4. The lowest BCUT2D eigenvalue weighted by Crippen LogP contribution is -2.17. The summed E-state index contributed by atoms with van der Waals surface area (Å²) in [6, 6.07) is 42.7. The number of para-hydroxylation sites is 2. The molecule has 0 atom stereocenters. The second kappa shape index (κ2) is 11.5. The number of aromatic nitrogens is 5. The van der Waals surface area contributed by atoms with Crippen LogP contribution < -0.4 is 0 Å². The Morgan fingerprint density at radius 3 is 1.75 bits per heavy atom. The second-order valence-electron chi connectivity index (χ2n) is 14.8. The first-order chi connectivity index (χ1) is 24.7. The van der Waals surface area contributed by atoms with E-state index in [1.165, 1.54) is 28.0 Å². The van der Waals surface area contributed by atoms with Crippen LogP contribution in [0.5, 0.6) is 0 Å². The smallest absolute Gasteiger partial charge is 0.168 e. The van der Waals surface area contributed by atoms with Crippen LogP contribution in [0.4, 0.5) is 4.39 Å². The van der Waals surface area contributed by atoms with Gasteiger partial charge in [0.2, 0.25) is 0 Å². The molecule has 0 bridgehead atoms. The van der Waals surface area contributed by atoms with Gasteiger partial charge in [-0.05, 0) is 70.8 Å². The van der Waals surface area contributed by atoms with Crippen LogP contribution in [0.25, 0.3) is 72.9 Å². The quantitative estimate of drug-likeness (QED) is 0.184. The molecule has 0 unspecified atom stereocenters. The van der Waals surface area contributed by atoms with Crippen LogP contribution in [0, 0.1) is 5.82 Å². The van der Waals surface area contributed by atoms with Crippen LogP contribution in [0.2, 0.25) is 0 Å². The Morgan fingerprint density at radius 2 is 1.10 bits per heavy atom. The van der Waals surface area contributed by atoms with Crippen LogP contribution in [-0.4, -0.2) is 24.5 Å². The molecule has 1 aliphatic rings. The molecular weight excluding hydrogens is 630 g/mol. The maximum atomic E-state index is 16.2. The number of halogens is 1. The Hall–Kier alpha value is -6.01. The number of hydrogen-bond donors (Lipinski definition) is 0. The Balaban J connectivity index is 1.12. The summed E-state index contributed by atoms with van der Waals surface area (Å²) in [4.78, 5) is 19.2. The Kier molecular flexibility index (Phi) is 7.01. The zero-order chi connectivity index (χ0) is 34.9. The van der Waals surface area contributed by atoms with E-state index in [4.69, 9.17) is 19.9 Å². The minimum atomic E-state index is -0.432. The Morgan fingerprint density at radius 1 is 0.549 bits per heavy atom. The average molecular weight is 666 g/mol. The second-order valence-corrected chi connectivity index (χ2v) is 14.8. The van der Waals surface area contributed by atoms with Crippen molar-refractivity contribution in [3.8, 4) is 51.1 Å². The highest BCUT2D eigenvalue weighted by molar-refractivity contribution is 6.09. The van der Waals surface area contributed by atoms with E-state index in [9.17, 15) is 0 Å². The molecule has 0 N–H and O–H groups in total. The van der Waals surface area contributed by atoms with Crippen molar-refractivity contribution in [3.05, 3.63) is 151 Å². The molecule has 9 rings (SSSR count). The van der Waals surface area contributed by atoms with E-state index >= 15 is 4.39 Å². The molecule has 5 aromatic carbocycles. The van der Waals surface area contributed by atoms with E-state index in [2.05, 4.69) is 111 Å². The first kappa shape index (κ1) is 31.0. The van der Waals surface area contributed by atoms with Gasteiger partial charge in [0.25, 0.3) is 0 Å². The molecule has 8 aromatic rings. The van der Waals surface area contributed by atoms with Crippen LogP contribution in [0.15, 0.2) is 134 Å². The maximum Gasteiger partial charge on any atom is 0.168 e. The molecule has 0 saturated heterocycles. The van der Waals surface area contributed by atoms with Gasteiger partial charge in [-0.2, -0.15) is 0 Å². The molecule has 5 nitrogen and oxygen atoms in total. The third-order valence-corrected chi connectivity index (χ3v) is 10.4. The molecule has 0 spiro atoms. The molecular formula is C45H36FN5. The Bertz CT molecular complexity index is 2570. The van der Waals surface area contributed by atoms with Crippen molar-refractivity contribution in [1.29, 1.82) is 0 Å². The van der Waals surface area contributed by atoms with E-state index in [0.717, 1.165) is 39.8 Å². The molecule has 0 fully saturated rings. The number of nitrogens with zero attached hydrogens (tertiary/aromatic N) is 5. The summed E-state index contributed by atoms with van der Waals surface area (Å²) >= 11 is 0. The lowest BCUT2D eigenvalue weighted by molar-refractivity contribution is 0.403. The summed E-state index contributed by atoms with van der Waals surface area (Å²) in [7, 11) is 0. The van der Waals surface area contributed by atoms with Crippen molar-refractivity contribution in [2.24, 2.45) is 0 Å². The van der Waals surface area contributed by atoms with Crippen molar-refractivity contribution in [2.75, 3.05) is 0 Å². The van der Waals surface area contributed by atoms with Gasteiger partial charge < -0.3 is 4.57 Å². The van der Waals surface area contributed by atoms with Gasteiger partial charge in [-0.1, -0.05) is 107 Å². The minimum Gasteiger partial charge on any atom is -0.309 e. The van der Waals surface area contributed by atoms with Crippen molar-refractivity contribution < 1.29 is 4.39 Å². The van der Waals surface area contributed by atoms with E-state index in [-0.39, 0.29) is 22.2 Å². The summed E-state index contributed by atoms with van der Waals surface area (Å²) in [6.45, 7) is 9.14. The summed E-state index contributed by atoms with van der Waals surface area (Å²) in [5, 5.41) is 2.41. The summed E-state index contributed by atoms with van der Waals surface area (Å²) in [5.74, 6) is 0.727. The lowest BCUT2D eigenvalue weighted by Gasteiger charge is -2.22.